The normalized spacial score (nSPS) is 20.7. The Hall–Kier alpha value is -2.72. The Labute approximate surface area is 257 Å². The standard InChI is InChI=1S/C30H38ClFN3O6PS/c1-6-41-42(38)24-17-19(10-8-7-9-15-43(5,39)40)12-14-23(24)33-28(34-42)25-26(36)27(30(2,3)4)35(29(25)37)18-20-11-13-22(32)21(31)16-20/h11-14,16-17,27,36H,6-10,15,18H2,1-5H3,(H,33,34,38)/t27-,42?/m1/s1. The minimum Gasteiger partial charge on any atom is -0.509 e. The van der Waals surface area contributed by atoms with Crippen molar-refractivity contribution in [3.8, 4) is 0 Å². The first kappa shape index (κ1) is 33.2. The van der Waals surface area contributed by atoms with E-state index in [0.717, 1.165) is 18.4 Å². The van der Waals surface area contributed by atoms with Gasteiger partial charge in [0, 0.05) is 18.6 Å². The van der Waals surface area contributed by atoms with Crippen LogP contribution >= 0.6 is 19.1 Å². The van der Waals surface area contributed by atoms with E-state index in [1.54, 1.807) is 19.1 Å². The maximum absolute atomic E-state index is 14.2. The number of hydrogen-bond donors (Lipinski definition) is 2. The van der Waals surface area contributed by atoms with Gasteiger partial charge in [-0.2, -0.15) is 4.76 Å². The van der Waals surface area contributed by atoms with Crippen LogP contribution in [-0.2, 0) is 36.7 Å². The fraction of sp³-hybridized carbons (Fsp3) is 0.467. The number of anilines is 1. The lowest BCUT2D eigenvalue weighted by molar-refractivity contribution is -0.129. The summed E-state index contributed by atoms with van der Waals surface area (Å²) < 4.78 is 60.9. The first-order valence-electron chi connectivity index (χ1n) is 14.2. The third kappa shape index (κ3) is 7.51. The van der Waals surface area contributed by atoms with Gasteiger partial charge in [-0.25, -0.2) is 12.8 Å². The topological polar surface area (TPSA) is 125 Å². The smallest absolute Gasteiger partial charge is 0.348 e. The van der Waals surface area contributed by atoms with E-state index < -0.39 is 40.5 Å². The van der Waals surface area contributed by atoms with Crippen LogP contribution in [-0.4, -0.2) is 54.8 Å². The van der Waals surface area contributed by atoms with Crippen molar-refractivity contribution in [3.63, 3.8) is 0 Å². The number of hydrogen-bond acceptors (Lipinski definition) is 7. The molecule has 0 radical (unpaired) electrons. The second kappa shape index (κ2) is 12.7. The van der Waals surface area contributed by atoms with Gasteiger partial charge in [0.1, 0.15) is 27.0 Å². The number of carbonyl (C=O) groups is 1. The van der Waals surface area contributed by atoms with Gasteiger partial charge in [-0.15, -0.1) is 0 Å². The summed E-state index contributed by atoms with van der Waals surface area (Å²) in [7, 11) is -6.85. The lowest BCUT2D eigenvalue weighted by Gasteiger charge is -2.35. The number of amides is 1. The molecule has 1 amide bonds. The summed E-state index contributed by atoms with van der Waals surface area (Å²) in [5.74, 6) is -1.22. The largest absolute Gasteiger partial charge is 0.509 e. The van der Waals surface area contributed by atoms with Crippen molar-refractivity contribution in [2.45, 2.75) is 66.0 Å². The fourth-order valence-corrected chi connectivity index (χ4v) is 8.18. The molecule has 1 unspecified atom stereocenters. The monoisotopic (exact) mass is 653 g/mol. The molecule has 0 saturated carbocycles. The Morgan fingerprint density at radius 3 is 2.47 bits per heavy atom. The molecule has 2 aromatic rings. The van der Waals surface area contributed by atoms with E-state index in [-0.39, 0.29) is 41.1 Å². The number of fused-ring (bicyclic) bond motifs is 1. The molecular formula is C30H38ClFN3O6PS. The number of amidine groups is 1. The third-order valence-electron chi connectivity index (χ3n) is 7.33. The molecule has 0 bridgehead atoms. The predicted molar refractivity (Wildman–Crippen MR) is 168 cm³/mol. The van der Waals surface area contributed by atoms with Crippen LogP contribution < -0.4 is 10.6 Å². The minimum absolute atomic E-state index is 0.0470. The molecule has 4 rings (SSSR count). The zero-order chi connectivity index (χ0) is 31.7. The molecule has 0 fully saturated rings. The Balaban J connectivity index is 1.64. The van der Waals surface area contributed by atoms with E-state index in [9.17, 15) is 27.3 Å². The molecule has 2 heterocycles. The number of aryl methyl sites for hydroxylation is 1. The van der Waals surface area contributed by atoms with Crippen molar-refractivity contribution in [2.24, 2.45) is 10.2 Å². The maximum Gasteiger partial charge on any atom is 0.348 e. The summed E-state index contributed by atoms with van der Waals surface area (Å²) >= 11 is 5.99. The van der Waals surface area contributed by atoms with Gasteiger partial charge in [0.2, 0.25) is 0 Å². The van der Waals surface area contributed by atoms with Crippen LogP contribution in [0, 0.1) is 11.2 Å². The van der Waals surface area contributed by atoms with Gasteiger partial charge in [-0.3, -0.25) is 9.36 Å². The molecule has 0 spiro atoms. The van der Waals surface area contributed by atoms with Crippen LogP contribution in [0.25, 0.3) is 0 Å². The summed E-state index contributed by atoms with van der Waals surface area (Å²) in [6, 6.07) is 8.84. The first-order chi connectivity index (χ1) is 20.0. The van der Waals surface area contributed by atoms with E-state index >= 15 is 0 Å². The fourth-order valence-electron chi connectivity index (χ4n) is 5.42. The first-order valence-corrected chi connectivity index (χ1v) is 18.2. The summed E-state index contributed by atoms with van der Waals surface area (Å²) in [5, 5.41) is 14.9. The van der Waals surface area contributed by atoms with Crippen LogP contribution in [0.4, 0.5) is 10.1 Å². The highest BCUT2D eigenvalue weighted by Gasteiger charge is 2.48. The quantitative estimate of drug-likeness (QED) is 0.219. The Morgan fingerprint density at radius 2 is 1.84 bits per heavy atom. The number of rotatable bonds is 11. The lowest BCUT2D eigenvalue weighted by Crippen LogP contribution is -2.43. The predicted octanol–water partition coefficient (Wildman–Crippen LogP) is 6.18. The molecule has 234 valence electrons. The van der Waals surface area contributed by atoms with Crippen LogP contribution in [0.2, 0.25) is 5.02 Å². The van der Waals surface area contributed by atoms with Gasteiger partial charge in [0.15, 0.2) is 5.84 Å². The zero-order valence-corrected chi connectivity index (χ0v) is 27.5. The van der Waals surface area contributed by atoms with Crippen molar-refractivity contribution in [2.75, 3.05) is 23.9 Å². The Kier molecular flexibility index (Phi) is 9.81. The van der Waals surface area contributed by atoms with Gasteiger partial charge in [-0.1, -0.05) is 50.9 Å². The average Bonchev–Trinajstić information content (AvgIpc) is 3.14. The highest BCUT2D eigenvalue weighted by molar-refractivity contribution is 7.90. The van der Waals surface area contributed by atoms with Crippen LogP contribution in [0.15, 0.2) is 52.5 Å². The number of nitrogens with one attached hydrogen (secondary N) is 1. The van der Waals surface area contributed by atoms with E-state index in [1.807, 2.05) is 26.8 Å². The number of halogens is 2. The van der Waals surface area contributed by atoms with Gasteiger partial charge < -0.3 is 19.8 Å². The molecule has 2 aromatic carbocycles. The Morgan fingerprint density at radius 1 is 1.14 bits per heavy atom. The van der Waals surface area contributed by atoms with Crippen molar-refractivity contribution >= 4 is 51.7 Å². The summed E-state index contributed by atoms with van der Waals surface area (Å²) in [4.78, 5) is 15.4. The molecule has 13 heteroatoms. The summed E-state index contributed by atoms with van der Waals surface area (Å²) in [5.41, 5.74) is 1.23. The van der Waals surface area contributed by atoms with E-state index in [0.29, 0.717) is 29.4 Å². The van der Waals surface area contributed by atoms with Crippen LogP contribution in [0.5, 0.6) is 0 Å². The lowest BCUT2D eigenvalue weighted by atomic mass is 9.85. The van der Waals surface area contributed by atoms with E-state index in [2.05, 4.69) is 10.1 Å². The molecule has 2 aliphatic heterocycles. The highest BCUT2D eigenvalue weighted by Crippen LogP contribution is 2.53. The SMILES string of the molecule is CCOP1(=O)N=C(C2=C(O)[C@H](C(C)(C)C)N(Cc3ccc(F)c(Cl)c3)C2=O)Nc2ccc(CCCCCS(C)(=O)=O)cc21. The number of benzene rings is 2. The Bertz CT molecular complexity index is 1640. The number of aliphatic hydroxyl groups excluding tert-OH is 1. The molecule has 9 nitrogen and oxygen atoms in total. The number of unbranched alkanes of at least 4 members (excludes halogenated alkanes) is 2. The van der Waals surface area contributed by atoms with Crippen LogP contribution in [0.3, 0.4) is 0 Å². The van der Waals surface area contributed by atoms with Gasteiger partial charge >= 0.3 is 7.52 Å². The molecule has 0 aromatic heterocycles. The molecule has 2 N–H and O–H groups in total. The van der Waals surface area contributed by atoms with E-state index in [1.165, 1.54) is 29.4 Å². The maximum atomic E-state index is 14.2. The van der Waals surface area contributed by atoms with Gasteiger partial charge in [-0.05, 0) is 67.0 Å². The zero-order valence-electron chi connectivity index (χ0n) is 25.0. The second-order valence-electron chi connectivity index (χ2n) is 12.0. The van der Waals surface area contributed by atoms with Crippen molar-refractivity contribution in [3.05, 3.63) is 69.7 Å². The number of nitrogens with zero attached hydrogens (tertiary/aromatic N) is 2. The molecule has 2 aliphatic rings. The highest BCUT2D eigenvalue weighted by atomic mass is 35.5. The van der Waals surface area contributed by atoms with Crippen molar-refractivity contribution < 1.29 is 31.8 Å². The third-order valence-corrected chi connectivity index (χ3v) is 10.7. The minimum atomic E-state index is -3.85. The number of sulfone groups is 1. The summed E-state index contributed by atoms with van der Waals surface area (Å²) in [6.07, 6.45) is 3.94. The molecule has 2 atom stereocenters. The molecule has 0 aliphatic carbocycles. The second-order valence-corrected chi connectivity index (χ2v) is 16.7. The summed E-state index contributed by atoms with van der Waals surface area (Å²) in [6.45, 7) is 7.50. The van der Waals surface area contributed by atoms with E-state index in [4.69, 9.17) is 16.1 Å². The molecule has 43 heavy (non-hydrogen) atoms. The molecule has 0 saturated heterocycles. The number of aliphatic hydroxyl groups is 1. The van der Waals surface area contributed by atoms with Crippen molar-refractivity contribution in [1.82, 2.24) is 4.90 Å². The number of carbonyl (C=O) groups excluding carboxylic acids is 1. The van der Waals surface area contributed by atoms with Gasteiger partial charge in [0.05, 0.1) is 28.7 Å². The van der Waals surface area contributed by atoms with Crippen LogP contribution in [0.1, 0.15) is 58.1 Å². The molecular weight excluding hydrogens is 616 g/mol. The average molecular weight is 654 g/mol. The van der Waals surface area contributed by atoms with Crippen molar-refractivity contribution in [1.29, 1.82) is 0 Å². The van der Waals surface area contributed by atoms with Gasteiger partial charge in [0.25, 0.3) is 5.91 Å².